The summed E-state index contributed by atoms with van der Waals surface area (Å²) >= 11 is 0. The quantitative estimate of drug-likeness (QED) is 0.907. The fraction of sp³-hybridized carbons (Fsp3) is 0.353. The number of aromatic amines is 1. The van der Waals surface area contributed by atoms with E-state index in [4.69, 9.17) is 0 Å². The molecule has 2 N–H and O–H groups in total. The van der Waals surface area contributed by atoms with Crippen molar-refractivity contribution in [2.75, 3.05) is 5.32 Å². The van der Waals surface area contributed by atoms with Crippen molar-refractivity contribution in [3.8, 4) is 6.07 Å². The number of hydrogen-bond acceptors (Lipinski definition) is 4. The summed E-state index contributed by atoms with van der Waals surface area (Å²) in [5.74, 6) is 1.58. The predicted octanol–water partition coefficient (Wildman–Crippen LogP) is 3.12. The molecule has 3 rings (SSSR count). The summed E-state index contributed by atoms with van der Waals surface area (Å²) in [5, 5.41) is 12.3. The number of anilines is 2. The number of para-hydroxylation sites is 1. The molecule has 1 aromatic heterocycles. The smallest absolute Gasteiger partial charge is 0.271 e. The van der Waals surface area contributed by atoms with Crippen LogP contribution in [0.5, 0.6) is 0 Å². The molecule has 5 nitrogen and oxygen atoms in total. The van der Waals surface area contributed by atoms with Crippen molar-refractivity contribution in [1.29, 1.82) is 5.26 Å². The Morgan fingerprint density at radius 3 is 2.68 bits per heavy atom. The zero-order chi connectivity index (χ0) is 15.4. The number of hydrogen-bond donors (Lipinski definition) is 2. The monoisotopic (exact) mass is 294 g/mol. The number of aromatic nitrogens is 2. The van der Waals surface area contributed by atoms with Gasteiger partial charge in [0.2, 0.25) is 0 Å². The minimum atomic E-state index is -0.371. The second kappa shape index (κ2) is 6.44. The lowest BCUT2D eigenvalue weighted by atomic mass is 10.0. The van der Waals surface area contributed by atoms with Crippen molar-refractivity contribution in [3.05, 3.63) is 52.1 Å². The van der Waals surface area contributed by atoms with Gasteiger partial charge in [-0.1, -0.05) is 43.9 Å². The maximum Gasteiger partial charge on any atom is 0.271 e. The Hall–Kier alpha value is -2.61. The van der Waals surface area contributed by atoms with Gasteiger partial charge < -0.3 is 10.3 Å². The maximum atomic E-state index is 12.1. The first-order chi connectivity index (χ1) is 10.8. The molecule has 0 amide bonds. The van der Waals surface area contributed by atoms with E-state index in [-0.39, 0.29) is 11.1 Å². The van der Waals surface area contributed by atoms with Crippen LogP contribution in [0.2, 0.25) is 0 Å². The first-order valence-corrected chi connectivity index (χ1v) is 7.61. The van der Waals surface area contributed by atoms with Crippen molar-refractivity contribution in [3.63, 3.8) is 0 Å². The Morgan fingerprint density at radius 1 is 1.27 bits per heavy atom. The zero-order valence-corrected chi connectivity index (χ0v) is 12.3. The number of nitriles is 1. The zero-order valence-electron chi connectivity index (χ0n) is 12.3. The molecular weight excluding hydrogens is 276 g/mol. The predicted molar refractivity (Wildman–Crippen MR) is 85.0 cm³/mol. The first kappa shape index (κ1) is 14.3. The van der Waals surface area contributed by atoms with E-state index in [9.17, 15) is 10.1 Å². The van der Waals surface area contributed by atoms with Crippen LogP contribution in [0.3, 0.4) is 0 Å². The van der Waals surface area contributed by atoms with Gasteiger partial charge in [-0.15, -0.1) is 0 Å². The van der Waals surface area contributed by atoms with Gasteiger partial charge in [0, 0.05) is 12.1 Å². The molecular formula is C17H18N4O. The van der Waals surface area contributed by atoms with Crippen molar-refractivity contribution < 1.29 is 0 Å². The molecule has 1 aromatic carbocycles. The molecule has 112 valence electrons. The Labute approximate surface area is 129 Å². The molecule has 1 fully saturated rings. The summed E-state index contributed by atoms with van der Waals surface area (Å²) < 4.78 is 0. The molecule has 2 aromatic rings. The standard InChI is InChI=1S/C17H18N4O/c18-11-14-16(19-13-8-2-1-3-9-13)20-15(21-17(14)22)10-12-6-4-5-7-12/h1-3,8-9,12H,4-7,10H2,(H2,19,20,21,22). The molecule has 1 aliphatic carbocycles. The molecule has 5 heteroatoms. The van der Waals surface area contributed by atoms with Crippen molar-refractivity contribution in [2.24, 2.45) is 5.92 Å². The minimum absolute atomic E-state index is 0.0269. The average Bonchev–Trinajstić information content (AvgIpc) is 3.01. The van der Waals surface area contributed by atoms with Crippen LogP contribution in [0, 0.1) is 17.2 Å². The summed E-state index contributed by atoms with van der Waals surface area (Å²) in [5.41, 5.74) is 0.465. The van der Waals surface area contributed by atoms with E-state index in [1.165, 1.54) is 25.7 Å². The molecule has 0 aliphatic heterocycles. The van der Waals surface area contributed by atoms with Crippen molar-refractivity contribution in [1.82, 2.24) is 9.97 Å². The summed E-state index contributed by atoms with van der Waals surface area (Å²) in [6.45, 7) is 0. The van der Waals surface area contributed by atoms with Gasteiger partial charge in [-0.25, -0.2) is 4.98 Å². The largest absolute Gasteiger partial charge is 0.339 e. The van der Waals surface area contributed by atoms with Crippen LogP contribution in [-0.2, 0) is 6.42 Å². The topological polar surface area (TPSA) is 81.6 Å². The highest BCUT2D eigenvalue weighted by molar-refractivity contribution is 5.61. The van der Waals surface area contributed by atoms with E-state index in [0.29, 0.717) is 17.6 Å². The first-order valence-electron chi connectivity index (χ1n) is 7.61. The average molecular weight is 294 g/mol. The van der Waals surface area contributed by atoms with Crippen LogP contribution in [0.15, 0.2) is 35.1 Å². The normalized spacial score (nSPS) is 14.7. The Balaban J connectivity index is 1.91. The third-order valence-electron chi connectivity index (χ3n) is 4.07. The molecule has 1 heterocycles. The highest BCUT2D eigenvalue weighted by Crippen LogP contribution is 2.27. The number of benzene rings is 1. The highest BCUT2D eigenvalue weighted by Gasteiger charge is 2.18. The van der Waals surface area contributed by atoms with Crippen LogP contribution >= 0.6 is 0 Å². The van der Waals surface area contributed by atoms with E-state index >= 15 is 0 Å². The second-order valence-corrected chi connectivity index (χ2v) is 5.69. The third kappa shape index (κ3) is 3.17. The van der Waals surface area contributed by atoms with E-state index in [1.54, 1.807) is 0 Å². The van der Waals surface area contributed by atoms with E-state index in [2.05, 4.69) is 15.3 Å². The fourth-order valence-electron chi connectivity index (χ4n) is 2.96. The third-order valence-corrected chi connectivity index (χ3v) is 4.07. The van der Waals surface area contributed by atoms with Crippen LogP contribution in [-0.4, -0.2) is 9.97 Å². The number of nitrogens with zero attached hydrogens (tertiary/aromatic N) is 2. The summed E-state index contributed by atoms with van der Waals surface area (Å²) in [7, 11) is 0. The van der Waals surface area contributed by atoms with Gasteiger partial charge in [-0.2, -0.15) is 5.26 Å². The van der Waals surface area contributed by atoms with Gasteiger partial charge in [0.15, 0.2) is 11.4 Å². The molecule has 0 atom stereocenters. The van der Waals surface area contributed by atoms with Crippen molar-refractivity contribution in [2.45, 2.75) is 32.1 Å². The van der Waals surface area contributed by atoms with Gasteiger partial charge in [0.05, 0.1) is 0 Å². The van der Waals surface area contributed by atoms with Crippen LogP contribution in [0.25, 0.3) is 0 Å². The lowest BCUT2D eigenvalue weighted by Gasteiger charge is -2.11. The van der Waals surface area contributed by atoms with Gasteiger partial charge >= 0.3 is 0 Å². The minimum Gasteiger partial charge on any atom is -0.339 e. The Bertz CT molecular complexity index is 739. The van der Waals surface area contributed by atoms with E-state index in [1.807, 2.05) is 36.4 Å². The fourth-order valence-corrected chi connectivity index (χ4v) is 2.96. The Kier molecular flexibility index (Phi) is 4.19. The van der Waals surface area contributed by atoms with Gasteiger partial charge in [0.1, 0.15) is 11.9 Å². The number of H-pyrrole nitrogens is 1. The van der Waals surface area contributed by atoms with Gasteiger partial charge in [0.25, 0.3) is 5.56 Å². The van der Waals surface area contributed by atoms with Crippen molar-refractivity contribution >= 4 is 11.5 Å². The molecule has 1 saturated carbocycles. The van der Waals surface area contributed by atoms with Crippen LogP contribution < -0.4 is 10.9 Å². The molecule has 0 unspecified atom stereocenters. The highest BCUT2D eigenvalue weighted by atomic mass is 16.1. The van der Waals surface area contributed by atoms with E-state index < -0.39 is 0 Å². The molecule has 0 radical (unpaired) electrons. The summed E-state index contributed by atoms with van der Waals surface area (Å²) in [6, 6.07) is 11.4. The Morgan fingerprint density at radius 2 is 2.00 bits per heavy atom. The molecule has 0 spiro atoms. The maximum absolute atomic E-state index is 12.1. The summed E-state index contributed by atoms with van der Waals surface area (Å²) in [4.78, 5) is 19.3. The SMILES string of the molecule is N#Cc1c(Nc2ccccc2)nc(CC2CCCC2)[nH]c1=O. The van der Waals surface area contributed by atoms with Gasteiger partial charge in [-0.3, -0.25) is 4.79 Å². The molecule has 1 aliphatic rings. The molecule has 22 heavy (non-hydrogen) atoms. The lowest BCUT2D eigenvalue weighted by Crippen LogP contribution is -2.19. The molecule has 0 saturated heterocycles. The number of nitrogens with one attached hydrogen (secondary N) is 2. The van der Waals surface area contributed by atoms with E-state index in [0.717, 1.165) is 12.1 Å². The van der Waals surface area contributed by atoms with Gasteiger partial charge in [-0.05, 0) is 18.1 Å². The number of rotatable bonds is 4. The summed E-state index contributed by atoms with van der Waals surface area (Å²) in [6.07, 6.45) is 5.64. The lowest BCUT2D eigenvalue weighted by molar-refractivity contribution is 0.529. The molecule has 0 bridgehead atoms. The van der Waals surface area contributed by atoms with Crippen LogP contribution in [0.1, 0.15) is 37.1 Å². The second-order valence-electron chi connectivity index (χ2n) is 5.69. The van der Waals surface area contributed by atoms with Crippen LogP contribution in [0.4, 0.5) is 11.5 Å².